The summed E-state index contributed by atoms with van der Waals surface area (Å²) in [7, 11) is 1.36. The molecule has 102 valence electrons. The minimum atomic E-state index is -0.383. The van der Waals surface area contributed by atoms with E-state index in [1.165, 1.54) is 18.4 Å². The van der Waals surface area contributed by atoms with Crippen molar-refractivity contribution in [1.29, 1.82) is 0 Å². The molecule has 1 aliphatic heterocycles. The largest absolute Gasteiger partial charge is 0.465 e. The molecular formula is C14H17NO3S. The predicted octanol–water partition coefficient (Wildman–Crippen LogP) is 2.69. The van der Waals surface area contributed by atoms with E-state index in [2.05, 4.69) is 6.58 Å². The fourth-order valence-corrected chi connectivity index (χ4v) is 3.40. The number of aryl methyl sites for hydroxylation is 1. The molecular weight excluding hydrogens is 262 g/mol. The van der Waals surface area contributed by atoms with Crippen molar-refractivity contribution < 1.29 is 14.3 Å². The Hall–Kier alpha value is -1.62. The van der Waals surface area contributed by atoms with Crippen LogP contribution in [0.3, 0.4) is 0 Å². The molecule has 5 heteroatoms. The molecule has 1 fully saturated rings. The number of anilines is 1. The van der Waals surface area contributed by atoms with Gasteiger partial charge >= 0.3 is 5.97 Å². The summed E-state index contributed by atoms with van der Waals surface area (Å²) in [5.41, 5.74) is 1.41. The van der Waals surface area contributed by atoms with Crippen LogP contribution in [0.4, 0.5) is 5.00 Å². The first-order valence-corrected chi connectivity index (χ1v) is 6.92. The van der Waals surface area contributed by atoms with Crippen LogP contribution in [0.15, 0.2) is 12.7 Å². The van der Waals surface area contributed by atoms with Gasteiger partial charge < -0.3 is 9.64 Å². The van der Waals surface area contributed by atoms with Crippen LogP contribution in [0.2, 0.25) is 0 Å². The minimum absolute atomic E-state index is 0.0382. The van der Waals surface area contributed by atoms with E-state index in [-0.39, 0.29) is 17.8 Å². The molecule has 0 bridgehead atoms. The fourth-order valence-electron chi connectivity index (χ4n) is 2.23. The summed E-state index contributed by atoms with van der Waals surface area (Å²) in [4.78, 5) is 26.7. The smallest absolute Gasteiger partial charge is 0.341 e. The van der Waals surface area contributed by atoms with Gasteiger partial charge in [0.2, 0.25) is 5.91 Å². The number of amides is 1. The second-order valence-electron chi connectivity index (χ2n) is 4.66. The van der Waals surface area contributed by atoms with Crippen molar-refractivity contribution in [3.8, 4) is 0 Å². The summed E-state index contributed by atoms with van der Waals surface area (Å²) in [5, 5.41) is 0.705. The molecule has 0 aromatic carbocycles. The summed E-state index contributed by atoms with van der Waals surface area (Å²) in [5.74, 6) is -0.191. The third-order valence-electron chi connectivity index (χ3n) is 3.49. The number of thiophene rings is 1. The molecule has 4 nitrogen and oxygen atoms in total. The van der Waals surface area contributed by atoms with Gasteiger partial charge in [0.25, 0.3) is 0 Å². The molecule has 2 heterocycles. The van der Waals surface area contributed by atoms with Crippen molar-refractivity contribution in [2.75, 3.05) is 18.6 Å². The average Bonchev–Trinajstić information content (AvgIpc) is 2.90. The molecule has 0 spiro atoms. The van der Waals surface area contributed by atoms with Crippen LogP contribution in [0.25, 0.3) is 0 Å². The van der Waals surface area contributed by atoms with Crippen LogP contribution >= 0.6 is 11.3 Å². The summed E-state index contributed by atoms with van der Waals surface area (Å²) in [6.45, 7) is 8.15. The first kappa shape index (κ1) is 13.8. The minimum Gasteiger partial charge on any atom is -0.465 e. The topological polar surface area (TPSA) is 46.6 Å². The lowest BCUT2D eigenvalue weighted by atomic mass is 10.1. The highest BCUT2D eigenvalue weighted by atomic mass is 32.1. The van der Waals surface area contributed by atoms with Gasteiger partial charge in [-0.15, -0.1) is 17.9 Å². The Balaban J connectivity index is 2.45. The molecule has 2 rings (SSSR count). The first-order chi connectivity index (χ1) is 8.99. The highest BCUT2D eigenvalue weighted by Gasteiger charge is 2.34. The lowest BCUT2D eigenvalue weighted by molar-refractivity contribution is -0.117. The number of carbonyl (C=O) groups is 2. The highest BCUT2D eigenvalue weighted by Crippen LogP contribution is 2.38. The molecule has 1 unspecified atom stereocenters. The lowest BCUT2D eigenvalue weighted by Crippen LogP contribution is -2.25. The van der Waals surface area contributed by atoms with Crippen molar-refractivity contribution in [2.24, 2.45) is 5.92 Å². The summed E-state index contributed by atoms with van der Waals surface area (Å²) < 4.78 is 4.83. The van der Waals surface area contributed by atoms with E-state index in [9.17, 15) is 9.59 Å². The SMILES string of the molecule is C=CC1CC(=O)N(c2sc(C)c(C)c2C(=O)OC)C1. The molecule has 1 aliphatic rings. The number of rotatable bonds is 3. The van der Waals surface area contributed by atoms with Crippen molar-refractivity contribution in [1.82, 2.24) is 0 Å². The number of hydrogen-bond donors (Lipinski definition) is 0. The maximum atomic E-state index is 12.1. The quantitative estimate of drug-likeness (QED) is 0.631. The van der Waals surface area contributed by atoms with Gasteiger partial charge in [-0.1, -0.05) is 6.08 Å². The Bertz CT molecular complexity index is 547. The Labute approximate surface area is 116 Å². The second kappa shape index (κ2) is 5.17. The van der Waals surface area contributed by atoms with Gasteiger partial charge in [0.15, 0.2) is 0 Å². The lowest BCUT2D eigenvalue weighted by Gasteiger charge is -2.15. The van der Waals surface area contributed by atoms with Crippen molar-refractivity contribution in [3.63, 3.8) is 0 Å². The molecule has 0 radical (unpaired) electrons. The van der Waals surface area contributed by atoms with Gasteiger partial charge in [0, 0.05) is 23.8 Å². The second-order valence-corrected chi connectivity index (χ2v) is 5.86. The maximum absolute atomic E-state index is 12.1. The zero-order valence-corrected chi connectivity index (χ0v) is 12.2. The standard InChI is InChI=1S/C14H17NO3S/c1-5-10-6-11(16)15(7-10)13-12(14(17)18-4)8(2)9(3)19-13/h5,10H,1,6-7H2,2-4H3. The van der Waals surface area contributed by atoms with Crippen molar-refractivity contribution in [2.45, 2.75) is 20.3 Å². The molecule has 0 N–H and O–H groups in total. The number of methoxy groups -OCH3 is 1. The third-order valence-corrected chi connectivity index (χ3v) is 4.72. The van der Waals surface area contributed by atoms with Gasteiger partial charge in [0.1, 0.15) is 5.00 Å². The van der Waals surface area contributed by atoms with Gasteiger partial charge in [-0.3, -0.25) is 4.79 Å². The Kier molecular flexibility index (Phi) is 3.75. The normalized spacial score (nSPS) is 18.8. The molecule has 1 aromatic rings. The summed E-state index contributed by atoms with van der Waals surface area (Å²) in [6.07, 6.45) is 2.25. The van der Waals surface area contributed by atoms with Crippen LogP contribution in [0.1, 0.15) is 27.2 Å². The monoisotopic (exact) mass is 279 g/mol. The maximum Gasteiger partial charge on any atom is 0.341 e. The predicted molar refractivity (Wildman–Crippen MR) is 75.8 cm³/mol. The van der Waals surface area contributed by atoms with Gasteiger partial charge in [-0.25, -0.2) is 4.79 Å². The van der Waals surface area contributed by atoms with Gasteiger partial charge in [-0.05, 0) is 19.4 Å². The van der Waals surface area contributed by atoms with Crippen LogP contribution in [-0.4, -0.2) is 25.5 Å². The van der Waals surface area contributed by atoms with E-state index in [1.54, 1.807) is 11.0 Å². The van der Waals surface area contributed by atoms with E-state index < -0.39 is 0 Å². The van der Waals surface area contributed by atoms with E-state index >= 15 is 0 Å². The Morgan fingerprint density at radius 1 is 1.53 bits per heavy atom. The number of carbonyl (C=O) groups excluding carboxylic acids is 2. The van der Waals surface area contributed by atoms with E-state index in [0.717, 1.165) is 10.4 Å². The van der Waals surface area contributed by atoms with Crippen LogP contribution in [-0.2, 0) is 9.53 Å². The molecule has 1 amide bonds. The van der Waals surface area contributed by atoms with Gasteiger partial charge in [0.05, 0.1) is 12.7 Å². The van der Waals surface area contributed by atoms with Crippen molar-refractivity contribution >= 4 is 28.2 Å². The first-order valence-electron chi connectivity index (χ1n) is 6.10. The van der Waals surface area contributed by atoms with Crippen LogP contribution in [0.5, 0.6) is 0 Å². The van der Waals surface area contributed by atoms with E-state index in [4.69, 9.17) is 4.74 Å². The Morgan fingerprint density at radius 3 is 2.74 bits per heavy atom. The van der Waals surface area contributed by atoms with E-state index in [0.29, 0.717) is 23.5 Å². The Morgan fingerprint density at radius 2 is 2.21 bits per heavy atom. The zero-order valence-electron chi connectivity index (χ0n) is 11.4. The molecule has 0 aliphatic carbocycles. The number of nitrogens with zero attached hydrogens (tertiary/aromatic N) is 1. The number of ether oxygens (including phenoxy) is 1. The third kappa shape index (κ3) is 2.30. The van der Waals surface area contributed by atoms with Gasteiger partial charge in [-0.2, -0.15) is 0 Å². The molecule has 1 saturated heterocycles. The molecule has 1 aromatic heterocycles. The summed E-state index contributed by atoms with van der Waals surface area (Å²) >= 11 is 1.47. The number of esters is 1. The average molecular weight is 279 g/mol. The molecule has 19 heavy (non-hydrogen) atoms. The zero-order chi connectivity index (χ0) is 14.2. The van der Waals surface area contributed by atoms with Crippen molar-refractivity contribution in [3.05, 3.63) is 28.7 Å². The molecule has 0 saturated carbocycles. The van der Waals surface area contributed by atoms with Crippen LogP contribution in [0, 0.1) is 19.8 Å². The summed E-state index contributed by atoms with van der Waals surface area (Å²) in [6, 6.07) is 0. The van der Waals surface area contributed by atoms with Crippen LogP contribution < -0.4 is 4.90 Å². The van der Waals surface area contributed by atoms with E-state index in [1.807, 2.05) is 13.8 Å². The fraction of sp³-hybridized carbons (Fsp3) is 0.429. The number of hydrogen-bond acceptors (Lipinski definition) is 4. The molecule has 1 atom stereocenters. The highest BCUT2D eigenvalue weighted by molar-refractivity contribution is 7.16.